The summed E-state index contributed by atoms with van der Waals surface area (Å²) in [6.45, 7) is 10.8. The predicted molar refractivity (Wildman–Crippen MR) is 91.4 cm³/mol. The summed E-state index contributed by atoms with van der Waals surface area (Å²) in [5.74, 6) is 1.53. The van der Waals surface area contributed by atoms with Crippen molar-refractivity contribution in [1.82, 2.24) is 10.2 Å². The van der Waals surface area contributed by atoms with Crippen molar-refractivity contribution < 1.29 is 9.47 Å². The second kappa shape index (κ2) is 9.23. The minimum atomic E-state index is 0.610. The fourth-order valence-corrected chi connectivity index (χ4v) is 2.98. The Kier molecular flexibility index (Phi) is 7.30. The van der Waals surface area contributed by atoms with Crippen molar-refractivity contribution in [3.8, 4) is 11.5 Å². The summed E-state index contributed by atoms with van der Waals surface area (Å²) >= 11 is 6.40. The summed E-state index contributed by atoms with van der Waals surface area (Å²) < 4.78 is 11.3. The Balaban J connectivity index is 1.95. The topological polar surface area (TPSA) is 33.7 Å². The monoisotopic (exact) mass is 326 g/mol. The van der Waals surface area contributed by atoms with Crippen LogP contribution in [0.1, 0.15) is 25.8 Å². The van der Waals surface area contributed by atoms with E-state index in [1.165, 1.54) is 0 Å². The van der Waals surface area contributed by atoms with E-state index in [0.717, 1.165) is 67.7 Å². The smallest absolute Gasteiger partial charge is 0.162 e. The highest BCUT2D eigenvalue weighted by Gasteiger charge is 2.12. The lowest BCUT2D eigenvalue weighted by Gasteiger charge is -2.27. The van der Waals surface area contributed by atoms with Crippen LogP contribution in [0.25, 0.3) is 0 Å². The van der Waals surface area contributed by atoms with Gasteiger partial charge >= 0.3 is 0 Å². The third kappa shape index (κ3) is 5.04. The molecule has 0 spiro atoms. The van der Waals surface area contributed by atoms with Crippen LogP contribution in [0.15, 0.2) is 12.1 Å². The predicted octanol–water partition coefficient (Wildman–Crippen LogP) is 2.98. The molecule has 1 aromatic carbocycles. The maximum Gasteiger partial charge on any atom is 0.162 e. The first-order valence-corrected chi connectivity index (χ1v) is 8.63. The van der Waals surface area contributed by atoms with Crippen LogP contribution in [0.4, 0.5) is 0 Å². The summed E-state index contributed by atoms with van der Waals surface area (Å²) in [5.41, 5.74) is 1.14. The van der Waals surface area contributed by atoms with E-state index in [9.17, 15) is 0 Å². The normalized spacial score (nSPS) is 15.8. The molecule has 4 nitrogen and oxygen atoms in total. The SMILES string of the molecule is CCOc1cc(Cl)c(CCCN2CCNCC2)cc1OCC. The molecular formula is C17H27ClN2O2. The van der Waals surface area contributed by atoms with Crippen molar-refractivity contribution in [2.75, 3.05) is 45.9 Å². The fourth-order valence-electron chi connectivity index (χ4n) is 2.73. The molecular weight excluding hydrogens is 300 g/mol. The Labute approximate surface area is 138 Å². The molecule has 0 saturated carbocycles. The Bertz CT molecular complexity index is 462. The van der Waals surface area contributed by atoms with Crippen LogP contribution in [0.3, 0.4) is 0 Å². The number of rotatable bonds is 8. The Hall–Kier alpha value is -0.970. The zero-order valence-electron chi connectivity index (χ0n) is 13.7. The third-order valence-electron chi connectivity index (χ3n) is 3.84. The molecule has 0 unspecified atom stereocenters. The van der Waals surface area contributed by atoms with Crippen molar-refractivity contribution in [2.45, 2.75) is 26.7 Å². The second-order valence-corrected chi connectivity index (χ2v) is 5.86. The summed E-state index contributed by atoms with van der Waals surface area (Å²) in [6, 6.07) is 3.92. The van der Waals surface area contributed by atoms with Gasteiger partial charge in [0, 0.05) is 37.3 Å². The molecule has 1 aliphatic rings. The Morgan fingerprint density at radius 2 is 1.73 bits per heavy atom. The van der Waals surface area contributed by atoms with Crippen LogP contribution >= 0.6 is 11.6 Å². The van der Waals surface area contributed by atoms with Crippen LogP contribution in [0.2, 0.25) is 5.02 Å². The number of nitrogens with one attached hydrogen (secondary N) is 1. The largest absolute Gasteiger partial charge is 0.490 e. The van der Waals surface area contributed by atoms with Crippen molar-refractivity contribution in [1.29, 1.82) is 0 Å². The van der Waals surface area contributed by atoms with E-state index in [-0.39, 0.29) is 0 Å². The molecule has 0 aliphatic carbocycles. The van der Waals surface area contributed by atoms with Gasteiger partial charge in [0.15, 0.2) is 11.5 Å². The van der Waals surface area contributed by atoms with E-state index in [1.54, 1.807) is 0 Å². The summed E-state index contributed by atoms with van der Waals surface area (Å²) in [7, 11) is 0. The lowest BCUT2D eigenvalue weighted by atomic mass is 10.1. The molecule has 0 amide bonds. The van der Waals surface area contributed by atoms with Crippen LogP contribution in [0, 0.1) is 0 Å². The van der Waals surface area contributed by atoms with E-state index in [1.807, 2.05) is 26.0 Å². The van der Waals surface area contributed by atoms with E-state index >= 15 is 0 Å². The molecule has 1 N–H and O–H groups in total. The van der Waals surface area contributed by atoms with Crippen molar-refractivity contribution in [3.05, 3.63) is 22.7 Å². The van der Waals surface area contributed by atoms with Gasteiger partial charge in [-0.1, -0.05) is 11.6 Å². The first-order valence-electron chi connectivity index (χ1n) is 8.25. The van der Waals surface area contributed by atoms with Gasteiger partial charge in [0.25, 0.3) is 0 Å². The Morgan fingerprint density at radius 3 is 2.36 bits per heavy atom. The van der Waals surface area contributed by atoms with Crippen LogP contribution in [0.5, 0.6) is 11.5 Å². The highest BCUT2D eigenvalue weighted by atomic mass is 35.5. The molecule has 2 rings (SSSR count). The maximum atomic E-state index is 6.40. The third-order valence-corrected chi connectivity index (χ3v) is 4.19. The molecule has 22 heavy (non-hydrogen) atoms. The summed E-state index contributed by atoms with van der Waals surface area (Å²) in [4.78, 5) is 2.50. The number of piperazine rings is 1. The zero-order chi connectivity index (χ0) is 15.8. The number of halogens is 1. The average Bonchev–Trinajstić information content (AvgIpc) is 2.53. The van der Waals surface area contributed by atoms with Crippen molar-refractivity contribution >= 4 is 11.6 Å². The molecule has 0 bridgehead atoms. The minimum absolute atomic E-state index is 0.610. The number of ether oxygens (including phenoxy) is 2. The van der Waals surface area contributed by atoms with Gasteiger partial charge in [0.05, 0.1) is 13.2 Å². The average molecular weight is 327 g/mol. The van der Waals surface area contributed by atoms with Crippen LogP contribution in [-0.4, -0.2) is 50.8 Å². The highest BCUT2D eigenvalue weighted by molar-refractivity contribution is 6.31. The number of benzene rings is 1. The molecule has 1 aliphatic heterocycles. The fraction of sp³-hybridized carbons (Fsp3) is 0.647. The van der Waals surface area contributed by atoms with Gasteiger partial charge in [-0.3, -0.25) is 0 Å². The lowest BCUT2D eigenvalue weighted by molar-refractivity contribution is 0.238. The quantitative estimate of drug-likeness (QED) is 0.796. The van der Waals surface area contributed by atoms with Gasteiger partial charge in [0.1, 0.15) is 0 Å². The Morgan fingerprint density at radius 1 is 1.09 bits per heavy atom. The van der Waals surface area contributed by atoms with Crippen molar-refractivity contribution in [2.24, 2.45) is 0 Å². The van der Waals surface area contributed by atoms with Gasteiger partial charge in [-0.2, -0.15) is 0 Å². The molecule has 5 heteroatoms. The first-order chi connectivity index (χ1) is 10.7. The molecule has 0 radical (unpaired) electrons. The van der Waals surface area contributed by atoms with E-state index < -0.39 is 0 Å². The molecule has 1 aromatic rings. The molecule has 124 valence electrons. The van der Waals surface area contributed by atoms with E-state index in [2.05, 4.69) is 10.2 Å². The van der Waals surface area contributed by atoms with Gasteiger partial charge in [0.2, 0.25) is 0 Å². The van der Waals surface area contributed by atoms with Crippen LogP contribution in [-0.2, 0) is 6.42 Å². The molecule has 1 heterocycles. The number of nitrogens with zero attached hydrogens (tertiary/aromatic N) is 1. The molecule has 0 atom stereocenters. The summed E-state index contributed by atoms with van der Waals surface area (Å²) in [6.07, 6.45) is 2.08. The van der Waals surface area contributed by atoms with Crippen molar-refractivity contribution in [3.63, 3.8) is 0 Å². The van der Waals surface area contributed by atoms with E-state index in [4.69, 9.17) is 21.1 Å². The molecule has 0 aromatic heterocycles. The van der Waals surface area contributed by atoms with Gasteiger partial charge in [-0.15, -0.1) is 0 Å². The highest BCUT2D eigenvalue weighted by Crippen LogP contribution is 2.34. The first kappa shape index (κ1) is 17.4. The standard InChI is InChI=1S/C17H27ClN2O2/c1-3-21-16-12-14(15(18)13-17(16)22-4-2)6-5-9-20-10-7-19-8-11-20/h12-13,19H,3-11H2,1-2H3. The number of hydrogen-bond donors (Lipinski definition) is 1. The van der Waals surface area contributed by atoms with Gasteiger partial charge in [-0.25, -0.2) is 0 Å². The molecule has 1 saturated heterocycles. The van der Waals surface area contributed by atoms with Gasteiger partial charge in [-0.05, 0) is 44.9 Å². The number of hydrogen-bond acceptors (Lipinski definition) is 4. The zero-order valence-corrected chi connectivity index (χ0v) is 14.4. The van der Waals surface area contributed by atoms with E-state index in [0.29, 0.717) is 13.2 Å². The minimum Gasteiger partial charge on any atom is -0.490 e. The maximum absolute atomic E-state index is 6.40. The van der Waals surface area contributed by atoms with Crippen LogP contribution < -0.4 is 14.8 Å². The lowest BCUT2D eigenvalue weighted by Crippen LogP contribution is -2.43. The van der Waals surface area contributed by atoms with Gasteiger partial charge < -0.3 is 19.7 Å². The second-order valence-electron chi connectivity index (χ2n) is 5.45. The summed E-state index contributed by atoms with van der Waals surface area (Å²) in [5, 5.41) is 4.15. The number of aryl methyl sites for hydroxylation is 1. The molecule has 1 fully saturated rings.